The van der Waals surface area contributed by atoms with Crippen LogP contribution in [-0.4, -0.2) is 4.98 Å². The molecule has 3 heteroatoms. The lowest BCUT2D eigenvalue weighted by Crippen LogP contribution is -1.92. The summed E-state index contributed by atoms with van der Waals surface area (Å²) in [5.41, 5.74) is 8.65. The van der Waals surface area contributed by atoms with E-state index in [1.807, 2.05) is 30.3 Å². The summed E-state index contributed by atoms with van der Waals surface area (Å²) in [6.07, 6.45) is 1.72. The molecule has 0 atom stereocenters. The Morgan fingerprint density at radius 2 is 2.07 bits per heavy atom. The van der Waals surface area contributed by atoms with Crippen molar-refractivity contribution in [2.24, 2.45) is 0 Å². The molecule has 0 saturated carbocycles. The van der Waals surface area contributed by atoms with Gasteiger partial charge in [0.25, 0.3) is 0 Å². The van der Waals surface area contributed by atoms with Crippen molar-refractivity contribution in [3.05, 3.63) is 48.2 Å². The first-order chi connectivity index (χ1) is 7.31. The molecule has 0 amide bonds. The number of benzene rings is 1. The van der Waals surface area contributed by atoms with Gasteiger partial charge >= 0.3 is 0 Å². The quantitative estimate of drug-likeness (QED) is 0.709. The van der Waals surface area contributed by atoms with E-state index in [0.717, 1.165) is 11.3 Å². The van der Waals surface area contributed by atoms with E-state index in [1.165, 1.54) is 0 Å². The van der Waals surface area contributed by atoms with E-state index >= 15 is 0 Å². The van der Waals surface area contributed by atoms with Gasteiger partial charge in [-0.25, -0.2) is 0 Å². The van der Waals surface area contributed by atoms with Gasteiger partial charge in [-0.2, -0.15) is 5.26 Å². The van der Waals surface area contributed by atoms with E-state index in [2.05, 4.69) is 4.98 Å². The van der Waals surface area contributed by atoms with Gasteiger partial charge < -0.3 is 5.73 Å². The van der Waals surface area contributed by atoms with Gasteiger partial charge in [0, 0.05) is 17.4 Å². The molecule has 2 rings (SSSR count). The molecule has 0 aliphatic carbocycles. The molecule has 0 unspecified atom stereocenters. The molecule has 15 heavy (non-hydrogen) atoms. The Bertz CT molecular complexity index is 512. The topological polar surface area (TPSA) is 62.7 Å². The van der Waals surface area contributed by atoms with Crippen LogP contribution in [0.4, 0.5) is 5.69 Å². The minimum atomic E-state index is 0.562. The summed E-state index contributed by atoms with van der Waals surface area (Å²) in [5, 5.41) is 8.70. The fourth-order valence-electron chi connectivity index (χ4n) is 1.39. The number of nitrogens with zero attached hydrogens (tertiary/aromatic N) is 2. The number of anilines is 1. The van der Waals surface area contributed by atoms with E-state index in [-0.39, 0.29) is 0 Å². The van der Waals surface area contributed by atoms with E-state index in [1.54, 1.807) is 18.3 Å². The Morgan fingerprint density at radius 3 is 2.67 bits per heavy atom. The molecule has 2 N–H and O–H groups in total. The maximum atomic E-state index is 8.70. The van der Waals surface area contributed by atoms with Gasteiger partial charge in [0.05, 0.1) is 17.3 Å². The highest BCUT2D eigenvalue weighted by Crippen LogP contribution is 2.24. The number of pyridine rings is 1. The third-order valence-corrected chi connectivity index (χ3v) is 2.12. The number of rotatable bonds is 1. The van der Waals surface area contributed by atoms with E-state index in [4.69, 9.17) is 11.0 Å². The molecule has 3 nitrogen and oxygen atoms in total. The van der Waals surface area contributed by atoms with Crippen LogP contribution in [-0.2, 0) is 0 Å². The Balaban J connectivity index is 2.52. The van der Waals surface area contributed by atoms with Gasteiger partial charge in [-0.15, -0.1) is 0 Å². The molecule has 0 fully saturated rings. The Labute approximate surface area is 87.8 Å². The highest BCUT2D eigenvalue weighted by atomic mass is 14.7. The first-order valence-corrected chi connectivity index (χ1v) is 4.52. The van der Waals surface area contributed by atoms with Crippen LogP contribution in [0.1, 0.15) is 5.56 Å². The van der Waals surface area contributed by atoms with Crippen molar-refractivity contribution in [2.45, 2.75) is 0 Å². The molecule has 0 radical (unpaired) electrons. The first-order valence-electron chi connectivity index (χ1n) is 4.52. The van der Waals surface area contributed by atoms with Crippen LogP contribution in [0.25, 0.3) is 11.3 Å². The normalized spacial score (nSPS) is 9.53. The van der Waals surface area contributed by atoms with E-state index in [0.29, 0.717) is 11.3 Å². The van der Waals surface area contributed by atoms with Crippen molar-refractivity contribution < 1.29 is 0 Å². The number of nitrogens with two attached hydrogens (primary N) is 1. The van der Waals surface area contributed by atoms with Gasteiger partial charge in [0.2, 0.25) is 0 Å². The van der Waals surface area contributed by atoms with Crippen LogP contribution in [0.2, 0.25) is 0 Å². The third kappa shape index (κ3) is 1.79. The number of hydrogen-bond donors (Lipinski definition) is 1. The van der Waals surface area contributed by atoms with Crippen molar-refractivity contribution in [3.8, 4) is 17.3 Å². The average molecular weight is 195 g/mol. The summed E-state index contributed by atoms with van der Waals surface area (Å²) in [7, 11) is 0. The SMILES string of the molecule is N#Cc1ccc(-c2ccccn2)c(N)c1. The van der Waals surface area contributed by atoms with Crippen LogP contribution < -0.4 is 5.73 Å². The Kier molecular flexibility index (Phi) is 2.34. The van der Waals surface area contributed by atoms with Crippen molar-refractivity contribution in [1.82, 2.24) is 4.98 Å². The largest absolute Gasteiger partial charge is 0.398 e. The average Bonchev–Trinajstić information content (AvgIpc) is 2.30. The van der Waals surface area contributed by atoms with Gasteiger partial charge in [-0.1, -0.05) is 6.07 Å². The maximum Gasteiger partial charge on any atom is 0.0992 e. The lowest BCUT2D eigenvalue weighted by Gasteiger charge is -2.04. The summed E-state index contributed by atoms with van der Waals surface area (Å²) in [5.74, 6) is 0. The van der Waals surface area contributed by atoms with Gasteiger partial charge in [-0.05, 0) is 30.3 Å². The zero-order chi connectivity index (χ0) is 10.7. The summed E-state index contributed by atoms with van der Waals surface area (Å²) < 4.78 is 0. The highest BCUT2D eigenvalue weighted by Gasteiger charge is 2.03. The minimum absolute atomic E-state index is 0.562. The molecule has 2 aromatic rings. The molecule has 1 aromatic heterocycles. The number of hydrogen-bond acceptors (Lipinski definition) is 3. The molecule has 72 valence electrons. The van der Waals surface area contributed by atoms with Crippen molar-refractivity contribution in [2.75, 3.05) is 5.73 Å². The lowest BCUT2D eigenvalue weighted by molar-refractivity contribution is 1.33. The molecule has 0 aliphatic rings. The summed E-state index contributed by atoms with van der Waals surface area (Å²) in [4.78, 5) is 4.20. The standard InChI is InChI=1S/C12H9N3/c13-8-9-4-5-10(11(14)7-9)12-3-1-2-6-15-12/h1-7H,14H2. The van der Waals surface area contributed by atoms with Crippen molar-refractivity contribution in [3.63, 3.8) is 0 Å². The summed E-state index contributed by atoms with van der Waals surface area (Å²) in [6, 6.07) is 12.9. The Morgan fingerprint density at radius 1 is 1.20 bits per heavy atom. The predicted molar refractivity (Wildman–Crippen MR) is 58.8 cm³/mol. The first kappa shape index (κ1) is 9.22. The number of nitriles is 1. The second-order valence-corrected chi connectivity index (χ2v) is 3.13. The minimum Gasteiger partial charge on any atom is -0.398 e. The fraction of sp³-hybridized carbons (Fsp3) is 0. The van der Waals surface area contributed by atoms with Crippen LogP contribution in [0.5, 0.6) is 0 Å². The maximum absolute atomic E-state index is 8.70. The molecular weight excluding hydrogens is 186 g/mol. The lowest BCUT2D eigenvalue weighted by atomic mass is 10.1. The third-order valence-electron chi connectivity index (χ3n) is 2.12. The van der Waals surface area contributed by atoms with Crippen LogP contribution >= 0.6 is 0 Å². The fourth-order valence-corrected chi connectivity index (χ4v) is 1.39. The number of aromatic nitrogens is 1. The molecule has 1 heterocycles. The van der Waals surface area contributed by atoms with Crippen molar-refractivity contribution in [1.29, 1.82) is 5.26 Å². The second kappa shape index (κ2) is 3.81. The van der Waals surface area contributed by atoms with Crippen LogP contribution in [0, 0.1) is 11.3 Å². The monoisotopic (exact) mass is 195 g/mol. The van der Waals surface area contributed by atoms with E-state index in [9.17, 15) is 0 Å². The van der Waals surface area contributed by atoms with E-state index < -0.39 is 0 Å². The highest BCUT2D eigenvalue weighted by molar-refractivity contribution is 5.74. The summed E-state index contributed by atoms with van der Waals surface area (Å²) >= 11 is 0. The molecule has 0 spiro atoms. The predicted octanol–water partition coefficient (Wildman–Crippen LogP) is 2.20. The number of nitrogen functional groups attached to an aromatic ring is 1. The van der Waals surface area contributed by atoms with Crippen LogP contribution in [0.15, 0.2) is 42.6 Å². The van der Waals surface area contributed by atoms with Gasteiger partial charge in [0.1, 0.15) is 0 Å². The smallest absolute Gasteiger partial charge is 0.0992 e. The van der Waals surface area contributed by atoms with Crippen LogP contribution in [0.3, 0.4) is 0 Å². The second-order valence-electron chi connectivity index (χ2n) is 3.13. The molecular formula is C12H9N3. The zero-order valence-corrected chi connectivity index (χ0v) is 8.01. The molecule has 0 aliphatic heterocycles. The van der Waals surface area contributed by atoms with Gasteiger partial charge in [-0.3, -0.25) is 4.98 Å². The van der Waals surface area contributed by atoms with Gasteiger partial charge in [0.15, 0.2) is 0 Å². The zero-order valence-electron chi connectivity index (χ0n) is 8.01. The van der Waals surface area contributed by atoms with Crippen molar-refractivity contribution >= 4 is 5.69 Å². The summed E-state index contributed by atoms with van der Waals surface area (Å²) in [6.45, 7) is 0. The molecule has 1 aromatic carbocycles. The Hall–Kier alpha value is -2.34. The molecule has 0 bridgehead atoms. The molecule has 0 saturated heterocycles.